The van der Waals surface area contributed by atoms with Crippen LogP contribution in [0.15, 0.2) is 24.3 Å². The quantitative estimate of drug-likeness (QED) is 0.861. The lowest BCUT2D eigenvalue weighted by Gasteiger charge is -2.30. The summed E-state index contributed by atoms with van der Waals surface area (Å²) in [5.74, 6) is -1.11. The molecule has 106 valence electrons. The summed E-state index contributed by atoms with van der Waals surface area (Å²) in [4.78, 5) is 0. The zero-order valence-electron chi connectivity index (χ0n) is 10.5. The highest BCUT2D eigenvalue weighted by Gasteiger charge is 2.41. The van der Waals surface area contributed by atoms with Gasteiger partial charge in [0.15, 0.2) is 0 Å². The molecule has 0 bridgehead atoms. The van der Waals surface area contributed by atoms with Gasteiger partial charge in [0.2, 0.25) is 0 Å². The van der Waals surface area contributed by atoms with Crippen LogP contribution < -0.4 is 5.32 Å². The molecule has 1 aromatic rings. The molecule has 1 aliphatic carbocycles. The van der Waals surface area contributed by atoms with Crippen molar-refractivity contribution in [2.75, 3.05) is 0 Å². The molecule has 1 N–H and O–H groups in total. The Hall–Kier alpha value is -0.740. The van der Waals surface area contributed by atoms with Crippen LogP contribution in [-0.4, -0.2) is 12.2 Å². The topological polar surface area (TPSA) is 12.0 Å². The molecule has 0 saturated heterocycles. The summed E-state index contributed by atoms with van der Waals surface area (Å²) in [7, 11) is 0. The van der Waals surface area contributed by atoms with Gasteiger partial charge in [-0.15, -0.1) is 0 Å². The third-order valence-electron chi connectivity index (χ3n) is 3.67. The summed E-state index contributed by atoms with van der Waals surface area (Å²) in [6, 6.07) is 7.69. The number of nitrogens with one attached hydrogen (secondary N) is 1. The predicted molar refractivity (Wildman–Crippen MR) is 70.1 cm³/mol. The zero-order valence-corrected chi connectivity index (χ0v) is 11.3. The van der Waals surface area contributed by atoms with E-state index in [2.05, 4.69) is 5.32 Å². The van der Waals surface area contributed by atoms with Gasteiger partial charge in [0, 0.05) is 17.6 Å². The van der Waals surface area contributed by atoms with Gasteiger partial charge in [-0.25, -0.2) is 0 Å². The van der Waals surface area contributed by atoms with Gasteiger partial charge in [-0.1, -0.05) is 23.7 Å². The first-order valence-electron chi connectivity index (χ1n) is 6.49. The smallest absolute Gasteiger partial charge is 0.310 e. The van der Waals surface area contributed by atoms with Gasteiger partial charge < -0.3 is 5.32 Å². The highest BCUT2D eigenvalue weighted by Crippen LogP contribution is 2.37. The number of hydrogen-bond donors (Lipinski definition) is 1. The van der Waals surface area contributed by atoms with Crippen LogP contribution in [0.1, 0.15) is 31.2 Å². The highest BCUT2D eigenvalue weighted by molar-refractivity contribution is 6.30. The molecule has 1 aliphatic rings. The van der Waals surface area contributed by atoms with E-state index in [1.165, 1.54) is 0 Å². The lowest BCUT2D eigenvalue weighted by Crippen LogP contribution is -2.36. The average molecular weight is 292 g/mol. The third-order valence-corrected chi connectivity index (χ3v) is 3.91. The number of alkyl halides is 3. The number of halogens is 4. The minimum atomic E-state index is -4.03. The molecule has 0 heterocycles. The summed E-state index contributed by atoms with van der Waals surface area (Å²) < 4.78 is 37.6. The van der Waals surface area contributed by atoms with E-state index in [-0.39, 0.29) is 18.9 Å². The Balaban J connectivity index is 1.77. The molecular formula is C14H17ClF3N. The minimum Gasteiger partial charge on any atom is -0.310 e. The molecule has 2 rings (SSSR count). The maximum absolute atomic E-state index is 12.5. The van der Waals surface area contributed by atoms with Crippen LogP contribution >= 0.6 is 11.6 Å². The number of hydrogen-bond acceptors (Lipinski definition) is 1. The second-order valence-corrected chi connectivity index (χ2v) is 5.54. The Kier molecular flexibility index (Phi) is 4.74. The first-order chi connectivity index (χ1) is 8.95. The Morgan fingerprint density at radius 2 is 1.84 bits per heavy atom. The van der Waals surface area contributed by atoms with E-state index in [4.69, 9.17) is 11.6 Å². The molecule has 1 fully saturated rings. The van der Waals surface area contributed by atoms with E-state index in [1.807, 2.05) is 18.2 Å². The van der Waals surface area contributed by atoms with Gasteiger partial charge in [-0.05, 0) is 43.4 Å². The molecule has 19 heavy (non-hydrogen) atoms. The van der Waals surface area contributed by atoms with Crippen molar-refractivity contribution in [1.82, 2.24) is 5.32 Å². The summed E-state index contributed by atoms with van der Waals surface area (Å²) in [6.07, 6.45) is -2.39. The SMILES string of the molecule is FC(F)(F)C1CCC(NCc2cccc(Cl)c2)CC1. The average Bonchev–Trinajstić information content (AvgIpc) is 2.36. The fraction of sp³-hybridized carbons (Fsp3) is 0.571. The molecule has 1 aromatic carbocycles. The summed E-state index contributed by atoms with van der Waals surface area (Å²) in [6.45, 7) is 0.655. The van der Waals surface area contributed by atoms with E-state index in [9.17, 15) is 13.2 Å². The van der Waals surface area contributed by atoms with Crippen LogP contribution in [-0.2, 0) is 6.54 Å². The first-order valence-corrected chi connectivity index (χ1v) is 6.87. The molecule has 5 heteroatoms. The lowest BCUT2D eigenvalue weighted by molar-refractivity contribution is -0.182. The molecule has 0 unspecified atom stereocenters. The van der Waals surface area contributed by atoms with Crippen LogP contribution in [0.25, 0.3) is 0 Å². The highest BCUT2D eigenvalue weighted by atomic mass is 35.5. The van der Waals surface area contributed by atoms with Crippen molar-refractivity contribution in [3.63, 3.8) is 0 Å². The maximum atomic E-state index is 12.5. The van der Waals surface area contributed by atoms with Crippen molar-refractivity contribution < 1.29 is 13.2 Å². The van der Waals surface area contributed by atoms with Crippen molar-refractivity contribution in [3.05, 3.63) is 34.9 Å². The lowest BCUT2D eigenvalue weighted by atomic mass is 9.85. The van der Waals surface area contributed by atoms with E-state index in [1.54, 1.807) is 6.07 Å². The van der Waals surface area contributed by atoms with E-state index in [0.717, 1.165) is 5.56 Å². The van der Waals surface area contributed by atoms with Crippen molar-refractivity contribution in [3.8, 4) is 0 Å². The minimum absolute atomic E-state index is 0.178. The summed E-state index contributed by atoms with van der Waals surface area (Å²) in [5, 5.41) is 3.99. The van der Waals surface area contributed by atoms with Gasteiger partial charge in [0.05, 0.1) is 5.92 Å². The van der Waals surface area contributed by atoms with Gasteiger partial charge in [-0.3, -0.25) is 0 Å². The van der Waals surface area contributed by atoms with Crippen molar-refractivity contribution >= 4 is 11.6 Å². The second-order valence-electron chi connectivity index (χ2n) is 5.10. The van der Waals surface area contributed by atoms with Crippen LogP contribution in [0.5, 0.6) is 0 Å². The molecule has 0 radical (unpaired) electrons. The molecule has 0 aromatic heterocycles. The van der Waals surface area contributed by atoms with Crippen molar-refractivity contribution in [2.45, 2.75) is 44.4 Å². The molecule has 1 saturated carbocycles. The summed E-state index contributed by atoms with van der Waals surface area (Å²) >= 11 is 5.88. The number of benzene rings is 1. The van der Waals surface area contributed by atoms with Crippen LogP contribution in [0, 0.1) is 5.92 Å². The van der Waals surface area contributed by atoms with Gasteiger partial charge in [0.25, 0.3) is 0 Å². The maximum Gasteiger partial charge on any atom is 0.391 e. The molecular weight excluding hydrogens is 275 g/mol. The van der Waals surface area contributed by atoms with Gasteiger partial charge in [0.1, 0.15) is 0 Å². The zero-order chi connectivity index (χ0) is 13.9. The summed E-state index contributed by atoms with van der Waals surface area (Å²) in [5.41, 5.74) is 1.06. The molecule has 0 atom stereocenters. The van der Waals surface area contributed by atoms with Crippen molar-refractivity contribution in [2.24, 2.45) is 5.92 Å². The first kappa shape index (κ1) is 14.7. The van der Waals surface area contributed by atoms with E-state index < -0.39 is 12.1 Å². The molecule has 1 nitrogen and oxygen atoms in total. The van der Waals surface area contributed by atoms with Gasteiger partial charge in [-0.2, -0.15) is 13.2 Å². The normalized spacial score (nSPS) is 24.4. The molecule has 0 aliphatic heterocycles. The largest absolute Gasteiger partial charge is 0.391 e. The Labute approximate surface area is 116 Å². The Morgan fingerprint density at radius 3 is 2.42 bits per heavy atom. The fourth-order valence-electron chi connectivity index (χ4n) is 2.53. The number of rotatable bonds is 3. The third kappa shape index (κ3) is 4.39. The van der Waals surface area contributed by atoms with Crippen LogP contribution in [0.2, 0.25) is 5.02 Å². The Bertz CT molecular complexity index is 411. The Morgan fingerprint density at radius 1 is 1.16 bits per heavy atom. The monoisotopic (exact) mass is 291 g/mol. The second kappa shape index (κ2) is 6.14. The molecule has 0 amide bonds. The predicted octanol–water partition coefficient (Wildman–Crippen LogP) is 4.55. The van der Waals surface area contributed by atoms with Crippen molar-refractivity contribution in [1.29, 1.82) is 0 Å². The fourth-order valence-corrected chi connectivity index (χ4v) is 2.75. The van der Waals surface area contributed by atoms with E-state index in [0.29, 0.717) is 24.4 Å². The van der Waals surface area contributed by atoms with Crippen LogP contribution in [0.3, 0.4) is 0 Å². The molecule has 0 spiro atoms. The van der Waals surface area contributed by atoms with E-state index >= 15 is 0 Å². The van der Waals surface area contributed by atoms with Crippen LogP contribution in [0.4, 0.5) is 13.2 Å². The standard InChI is InChI=1S/C14H17ClF3N/c15-12-3-1-2-10(8-12)9-19-13-6-4-11(5-7-13)14(16,17)18/h1-3,8,11,13,19H,4-7,9H2. The van der Waals surface area contributed by atoms with Gasteiger partial charge >= 0.3 is 6.18 Å².